The Hall–Kier alpha value is -2.36. The zero-order valence-corrected chi connectivity index (χ0v) is 13.3. The number of aryl methyl sites for hydroxylation is 2. The minimum Gasteiger partial charge on any atom is -0.508 e. The topological polar surface area (TPSA) is 47.9 Å². The largest absolute Gasteiger partial charge is 0.508 e. The highest BCUT2D eigenvalue weighted by atomic mass is 16.5. The SMILES string of the molecule is COc1ccc(CCCc2ccc(OC)cc2OC)c(O)c1. The van der Waals surface area contributed by atoms with Gasteiger partial charge in [-0.25, -0.2) is 0 Å². The van der Waals surface area contributed by atoms with Gasteiger partial charge < -0.3 is 19.3 Å². The molecule has 0 aliphatic carbocycles. The molecule has 0 fully saturated rings. The first-order chi connectivity index (χ1) is 10.7. The van der Waals surface area contributed by atoms with Gasteiger partial charge in [-0.3, -0.25) is 0 Å². The van der Waals surface area contributed by atoms with Crippen LogP contribution in [-0.2, 0) is 12.8 Å². The third kappa shape index (κ3) is 3.85. The van der Waals surface area contributed by atoms with Crippen molar-refractivity contribution in [3.63, 3.8) is 0 Å². The van der Waals surface area contributed by atoms with E-state index < -0.39 is 0 Å². The minimum absolute atomic E-state index is 0.279. The van der Waals surface area contributed by atoms with Gasteiger partial charge in [0.25, 0.3) is 0 Å². The maximum absolute atomic E-state index is 9.97. The van der Waals surface area contributed by atoms with Gasteiger partial charge in [0.1, 0.15) is 23.0 Å². The highest BCUT2D eigenvalue weighted by Gasteiger charge is 2.07. The summed E-state index contributed by atoms with van der Waals surface area (Å²) in [5.74, 6) is 2.56. The molecule has 2 aromatic carbocycles. The maximum Gasteiger partial charge on any atom is 0.125 e. The van der Waals surface area contributed by atoms with Gasteiger partial charge in [0.15, 0.2) is 0 Å². The molecule has 4 heteroatoms. The molecule has 0 bridgehead atoms. The number of phenols is 1. The van der Waals surface area contributed by atoms with E-state index in [0.29, 0.717) is 5.75 Å². The van der Waals surface area contributed by atoms with Crippen molar-refractivity contribution in [3.8, 4) is 23.0 Å². The minimum atomic E-state index is 0.279. The molecule has 0 atom stereocenters. The van der Waals surface area contributed by atoms with Crippen molar-refractivity contribution in [2.45, 2.75) is 19.3 Å². The van der Waals surface area contributed by atoms with Crippen molar-refractivity contribution in [1.82, 2.24) is 0 Å². The lowest BCUT2D eigenvalue weighted by Crippen LogP contribution is -1.96. The summed E-state index contributed by atoms with van der Waals surface area (Å²) >= 11 is 0. The van der Waals surface area contributed by atoms with E-state index in [-0.39, 0.29) is 5.75 Å². The molecule has 0 aliphatic rings. The molecule has 0 unspecified atom stereocenters. The van der Waals surface area contributed by atoms with E-state index in [4.69, 9.17) is 14.2 Å². The maximum atomic E-state index is 9.97. The number of ether oxygens (including phenoxy) is 3. The Morgan fingerprint density at radius 2 is 1.36 bits per heavy atom. The predicted octanol–water partition coefficient (Wildman–Crippen LogP) is 3.59. The standard InChI is InChI=1S/C18H22O4/c1-20-15-9-7-13(17(19)11-15)5-4-6-14-8-10-16(21-2)12-18(14)22-3/h7-12,19H,4-6H2,1-3H3. The molecule has 22 heavy (non-hydrogen) atoms. The molecule has 0 saturated heterocycles. The molecule has 0 spiro atoms. The quantitative estimate of drug-likeness (QED) is 0.849. The zero-order valence-electron chi connectivity index (χ0n) is 13.3. The van der Waals surface area contributed by atoms with Crippen LogP contribution in [0.15, 0.2) is 36.4 Å². The van der Waals surface area contributed by atoms with E-state index in [9.17, 15) is 5.11 Å². The van der Waals surface area contributed by atoms with Crippen molar-refractivity contribution < 1.29 is 19.3 Å². The van der Waals surface area contributed by atoms with E-state index in [1.807, 2.05) is 30.3 Å². The first-order valence-electron chi connectivity index (χ1n) is 7.24. The van der Waals surface area contributed by atoms with Crippen LogP contribution in [0.3, 0.4) is 0 Å². The highest BCUT2D eigenvalue weighted by molar-refractivity contribution is 5.42. The fourth-order valence-corrected chi connectivity index (χ4v) is 2.41. The van der Waals surface area contributed by atoms with Gasteiger partial charge in [-0.2, -0.15) is 0 Å². The number of rotatable bonds is 7. The predicted molar refractivity (Wildman–Crippen MR) is 86.2 cm³/mol. The van der Waals surface area contributed by atoms with E-state index in [0.717, 1.165) is 41.9 Å². The van der Waals surface area contributed by atoms with Gasteiger partial charge in [0.2, 0.25) is 0 Å². The smallest absolute Gasteiger partial charge is 0.125 e. The normalized spacial score (nSPS) is 10.3. The molecule has 0 aromatic heterocycles. The van der Waals surface area contributed by atoms with Gasteiger partial charge in [-0.15, -0.1) is 0 Å². The fraction of sp³-hybridized carbons (Fsp3) is 0.333. The Morgan fingerprint density at radius 3 is 1.95 bits per heavy atom. The summed E-state index contributed by atoms with van der Waals surface area (Å²) in [7, 11) is 4.89. The van der Waals surface area contributed by atoms with Crippen molar-refractivity contribution in [1.29, 1.82) is 0 Å². The molecule has 4 nitrogen and oxygen atoms in total. The summed E-state index contributed by atoms with van der Waals surface area (Å²) in [6.07, 6.45) is 2.59. The van der Waals surface area contributed by atoms with Crippen LogP contribution in [0.25, 0.3) is 0 Å². The second-order valence-electron chi connectivity index (χ2n) is 5.03. The molecular formula is C18H22O4. The van der Waals surface area contributed by atoms with Crippen molar-refractivity contribution >= 4 is 0 Å². The Bertz CT molecular complexity index is 622. The van der Waals surface area contributed by atoms with Crippen LogP contribution in [0.2, 0.25) is 0 Å². The van der Waals surface area contributed by atoms with Crippen LogP contribution in [-0.4, -0.2) is 26.4 Å². The van der Waals surface area contributed by atoms with Crippen LogP contribution < -0.4 is 14.2 Å². The van der Waals surface area contributed by atoms with Crippen molar-refractivity contribution in [2.75, 3.05) is 21.3 Å². The summed E-state index contributed by atoms with van der Waals surface area (Å²) in [5.41, 5.74) is 2.06. The summed E-state index contributed by atoms with van der Waals surface area (Å²) < 4.78 is 15.7. The number of phenolic OH excluding ortho intramolecular Hbond substituents is 1. The average molecular weight is 302 g/mol. The van der Waals surface area contributed by atoms with Crippen molar-refractivity contribution in [3.05, 3.63) is 47.5 Å². The molecule has 0 amide bonds. The molecule has 0 saturated carbocycles. The second kappa shape index (κ2) is 7.59. The first-order valence-corrected chi connectivity index (χ1v) is 7.24. The van der Waals surface area contributed by atoms with Crippen LogP contribution in [0, 0.1) is 0 Å². The molecule has 0 radical (unpaired) electrons. The van der Waals surface area contributed by atoms with Crippen LogP contribution >= 0.6 is 0 Å². The van der Waals surface area contributed by atoms with E-state index in [1.54, 1.807) is 27.4 Å². The molecule has 1 N–H and O–H groups in total. The van der Waals surface area contributed by atoms with Gasteiger partial charge in [0.05, 0.1) is 21.3 Å². The Labute approximate surface area is 131 Å². The molecule has 0 heterocycles. The van der Waals surface area contributed by atoms with Gasteiger partial charge in [0, 0.05) is 12.1 Å². The Morgan fingerprint density at radius 1 is 0.773 bits per heavy atom. The van der Waals surface area contributed by atoms with Gasteiger partial charge in [-0.05, 0) is 42.5 Å². The van der Waals surface area contributed by atoms with E-state index in [2.05, 4.69) is 0 Å². The molecular weight excluding hydrogens is 280 g/mol. The number of hydrogen-bond acceptors (Lipinski definition) is 4. The lowest BCUT2D eigenvalue weighted by atomic mass is 10.0. The molecule has 2 aromatic rings. The lowest BCUT2D eigenvalue weighted by Gasteiger charge is -2.11. The van der Waals surface area contributed by atoms with Gasteiger partial charge in [-0.1, -0.05) is 12.1 Å². The summed E-state index contributed by atoms with van der Waals surface area (Å²) in [4.78, 5) is 0. The summed E-state index contributed by atoms with van der Waals surface area (Å²) in [5, 5.41) is 9.97. The van der Waals surface area contributed by atoms with Crippen LogP contribution in [0.4, 0.5) is 0 Å². The number of aromatic hydroxyl groups is 1. The van der Waals surface area contributed by atoms with Crippen LogP contribution in [0.5, 0.6) is 23.0 Å². The number of benzene rings is 2. The third-order valence-electron chi connectivity index (χ3n) is 3.68. The molecule has 118 valence electrons. The zero-order chi connectivity index (χ0) is 15.9. The van der Waals surface area contributed by atoms with Crippen LogP contribution in [0.1, 0.15) is 17.5 Å². The van der Waals surface area contributed by atoms with Crippen molar-refractivity contribution in [2.24, 2.45) is 0 Å². The Kier molecular flexibility index (Phi) is 5.53. The molecule has 0 aliphatic heterocycles. The summed E-state index contributed by atoms with van der Waals surface area (Å²) in [6.45, 7) is 0. The molecule has 2 rings (SSSR count). The van der Waals surface area contributed by atoms with Gasteiger partial charge >= 0.3 is 0 Å². The average Bonchev–Trinajstić information content (AvgIpc) is 2.56. The Balaban J connectivity index is 1.99. The monoisotopic (exact) mass is 302 g/mol. The lowest BCUT2D eigenvalue weighted by molar-refractivity contribution is 0.390. The highest BCUT2D eigenvalue weighted by Crippen LogP contribution is 2.28. The second-order valence-corrected chi connectivity index (χ2v) is 5.03. The van der Waals surface area contributed by atoms with E-state index >= 15 is 0 Å². The number of hydrogen-bond donors (Lipinski definition) is 1. The van der Waals surface area contributed by atoms with E-state index in [1.165, 1.54) is 0 Å². The summed E-state index contributed by atoms with van der Waals surface area (Å²) in [6, 6.07) is 11.3. The number of methoxy groups -OCH3 is 3. The first kappa shape index (κ1) is 16.0. The third-order valence-corrected chi connectivity index (χ3v) is 3.68. The fourth-order valence-electron chi connectivity index (χ4n) is 2.41.